The lowest BCUT2D eigenvalue weighted by atomic mass is 10.1. The molecule has 3 fully saturated rings. The number of nitriles is 1. The van der Waals surface area contributed by atoms with Crippen molar-refractivity contribution in [3.05, 3.63) is 146 Å². The second-order valence-corrected chi connectivity index (χ2v) is 27.2. The number of carbonyl (C=O) groups is 6. The van der Waals surface area contributed by atoms with Crippen LogP contribution in [0.4, 0.5) is 9.59 Å². The maximum atomic E-state index is 12.7. The van der Waals surface area contributed by atoms with E-state index in [0.717, 1.165) is 87.4 Å². The molecule has 3 saturated heterocycles. The van der Waals surface area contributed by atoms with Crippen LogP contribution in [-0.2, 0) is 30.6 Å². The molecule has 22 nitrogen and oxygen atoms in total. The summed E-state index contributed by atoms with van der Waals surface area (Å²) in [5.74, 6) is -1.33. The molecule has 472 valence electrons. The Morgan fingerprint density at radius 2 is 1.01 bits per heavy atom. The lowest BCUT2D eigenvalue weighted by Gasteiger charge is -2.24. The number of carbonyl (C=O) groups excluding carboxylic acids is 5. The molecule has 3 aliphatic heterocycles. The Balaban J connectivity index is 0.000000146. The van der Waals surface area contributed by atoms with Crippen molar-refractivity contribution in [2.45, 2.75) is 90.1 Å². The van der Waals surface area contributed by atoms with Crippen molar-refractivity contribution in [2.24, 2.45) is 21.1 Å². The van der Waals surface area contributed by atoms with Crippen LogP contribution in [0.25, 0.3) is 54.7 Å². The summed E-state index contributed by atoms with van der Waals surface area (Å²) < 4.78 is 19.2. The summed E-state index contributed by atoms with van der Waals surface area (Å²) in [6, 6.07) is 30.6. The summed E-state index contributed by atoms with van der Waals surface area (Å²) in [7, 11) is 5.68. The first-order valence-electron chi connectivity index (χ1n) is 29.2. The topological polar surface area (TPSA) is 270 Å². The largest absolute Gasteiger partial charge is 0.477 e. The molecular weight excluding hydrogens is 1350 g/mol. The predicted molar refractivity (Wildman–Crippen MR) is 355 cm³/mol. The number of ether oxygens (including phenoxy) is 2. The normalized spacial score (nSPS) is 16.4. The van der Waals surface area contributed by atoms with Gasteiger partial charge >= 0.3 is 18.2 Å². The summed E-state index contributed by atoms with van der Waals surface area (Å²) in [5, 5.41) is 34.9. The van der Waals surface area contributed by atoms with Gasteiger partial charge < -0.3 is 64.3 Å². The molecule has 25 heteroatoms. The highest BCUT2D eigenvalue weighted by molar-refractivity contribution is 9.11. The Bertz CT molecular complexity index is 4220. The Morgan fingerprint density at radius 1 is 0.567 bits per heavy atom. The number of nitrogens with one attached hydrogen (secondary N) is 5. The highest BCUT2D eigenvalue weighted by Gasteiger charge is 2.33. The average Bonchev–Trinajstić information content (AvgIpc) is 1.84. The Kier molecular flexibility index (Phi) is 20.2. The molecule has 0 spiro atoms. The van der Waals surface area contributed by atoms with Crippen molar-refractivity contribution in [3.63, 3.8) is 0 Å². The van der Waals surface area contributed by atoms with E-state index in [1.54, 1.807) is 25.4 Å². The monoisotopic (exact) mass is 1420 g/mol. The number of fused-ring (bicyclic) bond motifs is 4. The minimum atomic E-state index is -0.938. The molecule has 90 heavy (non-hydrogen) atoms. The quantitative estimate of drug-likeness (QED) is 0.0776. The van der Waals surface area contributed by atoms with Crippen LogP contribution in [0.3, 0.4) is 0 Å². The maximum absolute atomic E-state index is 12.7. The van der Waals surface area contributed by atoms with E-state index in [1.165, 1.54) is 0 Å². The number of H-pyrrole nitrogens is 2. The minimum absolute atomic E-state index is 0.0196. The number of nitrogens with zero attached hydrogens (tertiary/aromatic N) is 8. The van der Waals surface area contributed by atoms with Gasteiger partial charge in [-0.2, -0.15) is 10.4 Å². The Labute approximate surface area is 545 Å². The molecule has 0 bridgehead atoms. The number of carboxylic acid groups (broad SMARTS) is 1. The number of benzene rings is 4. The lowest BCUT2D eigenvalue weighted by Crippen LogP contribution is -2.40. The lowest BCUT2D eigenvalue weighted by molar-refractivity contribution is 0.0280. The molecule has 4 aromatic carbocycles. The third kappa shape index (κ3) is 16.6. The maximum Gasteiger partial charge on any atom is 0.410 e. The van der Waals surface area contributed by atoms with Crippen molar-refractivity contribution in [3.8, 4) is 17.3 Å². The summed E-state index contributed by atoms with van der Waals surface area (Å²) in [5.41, 5.74) is 6.77. The van der Waals surface area contributed by atoms with Crippen molar-refractivity contribution < 1.29 is 43.3 Å². The van der Waals surface area contributed by atoms with Crippen molar-refractivity contribution in [1.82, 2.24) is 59.5 Å². The summed E-state index contributed by atoms with van der Waals surface area (Å²) in [6.07, 6.45) is 7.51. The number of carboxylic acids is 1. The highest BCUT2D eigenvalue weighted by atomic mass is 79.9. The van der Waals surface area contributed by atoms with Gasteiger partial charge in [0.25, 0.3) is 17.7 Å². The van der Waals surface area contributed by atoms with E-state index in [1.807, 2.05) is 169 Å². The van der Waals surface area contributed by atoms with Gasteiger partial charge in [-0.1, -0.05) is 78.1 Å². The molecule has 6 N–H and O–H groups in total. The first-order valence-corrected chi connectivity index (χ1v) is 31.6. The summed E-state index contributed by atoms with van der Waals surface area (Å²) >= 11 is 10.2. The van der Waals surface area contributed by atoms with Crippen molar-refractivity contribution in [2.75, 3.05) is 39.3 Å². The molecule has 8 heterocycles. The number of aromatic carboxylic acids is 1. The van der Waals surface area contributed by atoms with E-state index in [-0.39, 0.29) is 53.7 Å². The van der Waals surface area contributed by atoms with Crippen LogP contribution in [0.2, 0.25) is 0 Å². The molecule has 3 atom stereocenters. The third-order valence-corrected chi connectivity index (χ3v) is 16.7. The van der Waals surface area contributed by atoms with E-state index >= 15 is 0 Å². The number of halogens is 3. The molecule has 5 amide bonds. The van der Waals surface area contributed by atoms with Gasteiger partial charge in [0, 0.05) is 147 Å². The van der Waals surface area contributed by atoms with Crippen molar-refractivity contribution in [1.29, 1.82) is 5.26 Å². The van der Waals surface area contributed by atoms with E-state index in [2.05, 4.69) is 91.1 Å². The fourth-order valence-corrected chi connectivity index (χ4v) is 11.8. The fourth-order valence-electron chi connectivity index (χ4n) is 10.7. The number of amides is 5. The molecule has 9 aromatic rings. The standard InChI is InChI=1S/C19H24BrN3O3.C19H20N6O.C18H22BrN3O3.C9H6BrNO2/c1-19(2,3)26-18(25)23-8-7-14(11-23)21-17(24)16-9-12-5-6-13(20)10-15(12)22(16)4;1-23-10-15(9-21-23)13-3-4-14-8-18(24(2)17(14)7-13)19(26)22-16-5-6-25(11-16)12-20;1-18(2,3)25-17(24)22-7-6-13(10-22)20-16(23)15-8-11-4-5-12(19)9-14(11)21-15;10-6-2-1-5-3-8(9(12)13)11-7(5)4-6/h5-6,9-10,14H,7-8,11H2,1-4H3,(H,21,24);3-4,7-10,16H,5-6,11H2,1-2H3,(H,22,26);4-5,8-9,13,21H,6-7,10H2,1-3H3,(H,20,23);1-4,11H,(H,12,13)/t14-;16-;13-;/m111./s1. The Morgan fingerprint density at radius 3 is 1.49 bits per heavy atom. The molecular formula is C65H72Br3N13O9. The minimum Gasteiger partial charge on any atom is -0.477 e. The van der Waals surface area contributed by atoms with Crippen LogP contribution in [-0.4, -0.2) is 153 Å². The molecule has 0 saturated carbocycles. The number of aromatic amines is 2. The van der Waals surface area contributed by atoms with Gasteiger partial charge in [0.05, 0.1) is 6.20 Å². The second kappa shape index (κ2) is 27.6. The van der Waals surface area contributed by atoms with Gasteiger partial charge in [-0.15, -0.1) is 0 Å². The number of aryl methyl sites for hydroxylation is 3. The van der Waals surface area contributed by atoms with Gasteiger partial charge in [-0.25, -0.2) is 14.4 Å². The number of hydrogen-bond donors (Lipinski definition) is 6. The number of hydrogen-bond acceptors (Lipinski definition) is 11. The average molecular weight is 1420 g/mol. The van der Waals surface area contributed by atoms with Gasteiger partial charge in [0.15, 0.2) is 6.19 Å². The number of rotatable bonds is 8. The van der Waals surface area contributed by atoms with Crippen LogP contribution in [0.5, 0.6) is 0 Å². The van der Waals surface area contributed by atoms with E-state index in [0.29, 0.717) is 56.4 Å². The van der Waals surface area contributed by atoms with Gasteiger partial charge in [0.1, 0.15) is 34.0 Å². The highest BCUT2D eigenvalue weighted by Crippen LogP contribution is 2.29. The smallest absolute Gasteiger partial charge is 0.410 e. The van der Waals surface area contributed by atoms with E-state index in [4.69, 9.17) is 19.8 Å². The van der Waals surface area contributed by atoms with Gasteiger partial charge in [0.2, 0.25) is 0 Å². The molecule has 0 unspecified atom stereocenters. The zero-order valence-electron chi connectivity index (χ0n) is 51.4. The SMILES string of the molecule is CC(C)(C)OC(=O)N1CC[C@@H](NC(=O)c2cc3ccc(Br)cc3[nH]2)C1.Cn1c(C(=O)N[C@@H]2CCN(C(=O)OC(C)(C)C)C2)cc2ccc(Br)cc21.Cn1cc(-c2ccc3cc(C(=O)N[C@@H]4CCN(C#N)C4)n(C)c3c2)cn1.O=C(O)c1cc2ccc(Br)cc2[nH]1. The van der Waals surface area contributed by atoms with E-state index in [9.17, 15) is 28.8 Å². The number of likely N-dealkylation sites (tertiary alicyclic amines) is 3. The van der Waals surface area contributed by atoms with E-state index < -0.39 is 17.2 Å². The second-order valence-electron chi connectivity index (χ2n) is 24.5. The zero-order valence-corrected chi connectivity index (χ0v) is 56.2. The molecule has 12 rings (SSSR count). The molecule has 3 aliphatic rings. The molecule has 0 aliphatic carbocycles. The first kappa shape index (κ1) is 65.8. The number of aromatic nitrogens is 6. The Hall–Kier alpha value is -8.60. The zero-order chi connectivity index (χ0) is 64.9. The predicted octanol–water partition coefficient (Wildman–Crippen LogP) is 11.8. The van der Waals surface area contributed by atoms with Gasteiger partial charge in [-0.05, 0) is 133 Å². The molecule has 0 radical (unpaired) electrons. The first-order chi connectivity index (χ1) is 42.6. The fraction of sp³-hybridized carbons (Fsp3) is 0.354. The van der Waals surface area contributed by atoms with Crippen LogP contribution >= 0.6 is 47.8 Å². The van der Waals surface area contributed by atoms with Crippen LogP contribution < -0.4 is 16.0 Å². The van der Waals surface area contributed by atoms with Crippen LogP contribution in [0.15, 0.2) is 123 Å². The van der Waals surface area contributed by atoms with Crippen molar-refractivity contribution >= 4 is 127 Å². The van der Waals surface area contributed by atoms with Gasteiger partial charge in [-0.3, -0.25) is 19.1 Å². The van der Waals surface area contributed by atoms with Crippen LogP contribution in [0.1, 0.15) is 103 Å². The van der Waals surface area contributed by atoms with Crippen LogP contribution in [0, 0.1) is 11.5 Å². The third-order valence-electron chi connectivity index (χ3n) is 15.2. The summed E-state index contributed by atoms with van der Waals surface area (Å²) in [6.45, 7) is 14.4. The molecule has 5 aromatic heterocycles. The summed E-state index contributed by atoms with van der Waals surface area (Å²) in [4.78, 5) is 83.6.